The van der Waals surface area contributed by atoms with Crippen molar-refractivity contribution in [3.8, 4) is 0 Å². The van der Waals surface area contributed by atoms with Crippen LogP contribution in [0.5, 0.6) is 0 Å². The first-order valence-electron chi connectivity index (χ1n) is 6.43. The van der Waals surface area contributed by atoms with E-state index in [-0.39, 0.29) is 0 Å². The molecule has 0 saturated carbocycles. The summed E-state index contributed by atoms with van der Waals surface area (Å²) < 4.78 is 0. The zero-order valence-electron chi connectivity index (χ0n) is 11.0. The first-order chi connectivity index (χ1) is 8.83. The summed E-state index contributed by atoms with van der Waals surface area (Å²) in [6.45, 7) is 2.97. The van der Waals surface area contributed by atoms with Gasteiger partial charge in [0.2, 0.25) is 0 Å². The number of nitrogens with zero attached hydrogens (tertiary/aromatic N) is 1. The first-order valence-corrected chi connectivity index (χ1v) is 7.43. The summed E-state index contributed by atoms with van der Waals surface area (Å²) in [6.07, 6.45) is 0. The molecule has 18 heavy (non-hydrogen) atoms. The lowest BCUT2D eigenvalue weighted by molar-refractivity contribution is 1.05. The molecule has 0 spiro atoms. The van der Waals surface area contributed by atoms with Crippen LogP contribution in [0.2, 0.25) is 0 Å². The number of rotatable bonds is 4. The molecule has 0 amide bonds. The van der Waals surface area contributed by atoms with Crippen molar-refractivity contribution in [1.82, 2.24) is 0 Å². The van der Waals surface area contributed by atoms with Crippen LogP contribution in [0, 0.1) is 0 Å². The normalized spacial score (nSPS) is 12.0. The minimum Gasteiger partial charge on any atom is -0.299 e. The van der Waals surface area contributed by atoms with Crippen LogP contribution in [0.15, 0.2) is 65.7 Å². The van der Waals surface area contributed by atoms with Gasteiger partial charge in [0, 0.05) is 12.5 Å². The van der Waals surface area contributed by atoms with Crippen molar-refractivity contribution in [1.29, 1.82) is 0 Å². The highest BCUT2D eigenvalue weighted by Gasteiger charge is 2.16. The van der Waals surface area contributed by atoms with E-state index in [1.54, 1.807) is 0 Å². The minimum absolute atomic E-state index is 0.332. The molecule has 0 N–H and O–H groups in total. The first kappa shape index (κ1) is 12.8. The largest absolute Gasteiger partial charge is 0.299 e. The number of hydrogen-bond acceptors (Lipinski definition) is 1. The summed E-state index contributed by atoms with van der Waals surface area (Å²) in [4.78, 5) is 4.66. The van der Waals surface area contributed by atoms with Gasteiger partial charge in [-0.05, 0) is 23.4 Å². The molecule has 0 saturated heterocycles. The molecule has 0 heterocycles. The average molecular weight is 253 g/mol. The predicted octanol–water partition coefficient (Wildman–Crippen LogP) is 2.60. The second-order valence-electron chi connectivity index (χ2n) is 4.37. The zero-order chi connectivity index (χ0) is 12.8. The van der Waals surface area contributed by atoms with Gasteiger partial charge in [0.25, 0.3) is 0 Å². The number of hydrogen-bond donors (Lipinski definition) is 0. The maximum atomic E-state index is 4.66. The number of benzene rings is 2. The smallest absolute Gasteiger partial charge is 0.0576 e. The summed E-state index contributed by atoms with van der Waals surface area (Å²) in [5.41, 5.74) is 2.68. The second kappa shape index (κ2) is 6.31. The molecule has 0 unspecified atom stereocenters. The number of aliphatic imine (C=N–C) groups is 1. The fourth-order valence-electron chi connectivity index (χ4n) is 2.31. The Morgan fingerprint density at radius 2 is 1.39 bits per heavy atom. The van der Waals surface area contributed by atoms with Gasteiger partial charge in [0.05, 0.1) is 10.2 Å². The van der Waals surface area contributed by atoms with E-state index in [9.17, 15) is 0 Å². The van der Waals surface area contributed by atoms with E-state index >= 15 is 0 Å². The van der Waals surface area contributed by atoms with Gasteiger partial charge >= 0.3 is 0 Å². The van der Waals surface area contributed by atoms with Crippen LogP contribution in [0.4, 0.5) is 0 Å². The third-order valence-corrected chi connectivity index (χ3v) is 3.98. The van der Waals surface area contributed by atoms with Gasteiger partial charge in [-0.15, -0.1) is 0 Å². The maximum Gasteiger partial charge on any atom is 0.0576 e. The van der Waals surface area contributed by atoms with Crippen LogP contribution >= 0.6 is 0 Å². The van der Waals surface area contributed by atoms with Crippen LogP contribution in [0.3, 0.4) is 0 Å². The molecule has 2 heteroatoms. The summed E-state index contributed by atoms with van der Waals surface area (Å²) in [7, 11) is 1.00. The second-order valence-corrected chi connectivity index (χ2v) is 5.39. The predicted molar refractivity (Wildman–Crippen MR) is 82.6 cm³/mol. The van der Waals surface area contributed by atoms with Crippen molar-refractivity contribution in [3.05, 3.63) is 71.8 Å². The zero-order valence-corrected chi connectivity index (χ0v) is 13.0. The molecule has 2 aromatic rings. The monoisotopic (exact) mass is 253 g/mol. The average Bonchev–Trinajstić information content (AvgIpc) is 2.42. The summed E-state index contributed by atoms with van der Waals surface area (Å²) in [5.74, 6) is 0.332. The third kappa shape index (κ3) is 2.96. The molecular weight excluding hydrogens is 234 g/mol. The molecule has 0 fully saturated rings. The van der Waals surface area contributed by atoms with E-state index in [1.807, 2.05) is 0 Å². The Morgan fingerprint density at radius 1 is 0.944 bits per heavy atom. The molecule has 0 aliphatic heterocycles. The van der Waals surface area contributed by atoms with Gasteiger partial charge in [0.1, 0.15) is 0 Å². The Hall–Kier alpha value is -1.67. The van der Waals surface area contributed by atoms with Crippen LogP contribution in [0.1, 0.15) is 24.0 Å². The van der Waals surface area contributed by atoms with Gasteiger partial charge < -0.3 is 0 Å². The molecule has 2 aromatic carbocycles. The Labute approximate surface area is 112 Å². The van der Waals surface area contributed by atoms with Gasteiger partial charge in [-0.1, -0.05) is 60.7 Å². The SMILES string of the molecule is CCN=C([SiH3])C(c1ccccc1)c1ccccc1. The van der Waals surface area contributed by atoms with Crippen LogP contribution in [-0.2, 0) is 0 Å². The Balaban J connectivity index is 2.45. The Bertz CT molecular complexity index is 466. The summed E-state index contributed by atoms with van der Waals surface area (Å²) in [5, 5.41) is 1.31. The van der Waals surface area contributed by atoms with Crippen LogP contribution in [0.25, 0.3) is 0 Å². The van der Waals surface area contributed by atoms with E-state index in [0.29, 0.717) is 5.92 Å². The van der Waals surface area contributed by atoms with Crippen molar-refractivity contribution in [2.24, 2.45) is 4.99 Å². The maximum absolute atomic E-state index is 4.66. The standard InChI is InChI=1S/C16H19NSi/c1-2-17-16(18)15(13-9-5-3-6-10-13)14-11-7-4-8-12-14/h3-12,15H,2H2,1,18H3. The van der Waals surface area contributed by atoms with E-state index in [2.05, 4.69) is 72.6 Å². The highest BCUT2D eigenvalue weighted by molar-refractivity contribution is 6.61. The van der Waals surface area contributed by atoms with Gasteiger partial charge in [-0.3, -0.25) is 4.99 Å². The third-order valence-electron chi connectivity index (χ3n) is 3.09. The lowest BCUT2D eigenvalue weighted by Gasteiger charge is -2.18. The van der Waals surface area contributed by atoms with Crippen molar-refractivity contribution in [2.45, 2.75) is 12.8 Å². The fourth-order valence-corrected chi connectivity index (χ4v) is 3.29. The van der Waals surface area contributed by atoms with Gasteiger partial charge in [-0.2, -0.15) is 0 Å². The molecule has 0 atom stereocenters. The van der Waals surface area contributed by atoms with Gasteiger partial charge in [-0.25, -0.2) is 0 Å². The minimum atomic E-state index is 0.332. The lowest BCUT2D eigenvalue weighted by Crippen LogP contribution is -2.14. The van der Waals surface area contributed by atoms with Crippen LogP contribution in [-0.4, -0.2) is 22.1 Å². The molecule has 0 aliphatic rings. The highest BCUT2D eigenvalue weighted by atomic mass is 28.1. The lowest BCUT2D eigenvalue weighted by atomic mass is 9.92. The molecule has 0 aromatic heterocycles. The molecule has 0 bridgehead atoms. The molecule has 1 nitrogen and oxygen atoms in total. The fraction of sp³-hybridized carbons (Fsp3) is 0.188. The van der Waals surface area contributed by atoms with Gasteiger partial charge in [0.15, 0.2) is 0 Å². The molecule has 92 valence electrons. The topological polar surface area (TPSA) is 12.4 Å². The van der Waals surface area contributed by atoms with Crippen molar-refractivity contribution in [2.75, 3.05) is 6.54 Å². The van der Waals surface area contributed by atoms with E-state index < -0.39 is 0 Å². The summed E-state index contributed by atoms with van der Waals surface area (Å²) in [6, 6.07) is 21.3. The quantitative estimate of drug-likeness (QED) is 0.587. The van der Waals surface area contributed by atoms with Crippen molar-refractivity contribution < 1.29 is 0 Å². The van der Waals surface area contributed by atoms with E-state index in [1.165, 1.54) is 16.5 Å². The molecular formula is C16H19NSi. The Kier molecular flexibility index (Phi) is 4.48. The van der Waals surface area contributed by atoms with Crippen molar-refractivity contribution >= 4 is 15.6 Å². The van der Waals surface area contributed by atoms with E-state index in [0.717, 1.165) is 16.8 Å². The van der Waals surface area contributed by atoms with E-state index in [4.69, 9.17) is 0 Å². The van der Waals surface area contributed by atoms with Crippen molar-refractivity contribution in [3.63, 3.8) is 0 Å². The molecule has 2 rings (SSSR count). The summed E-state index contributed by atoms with van der Waals surface area (Å²) >= 11 is 0. The Morgan fingerprint density at radius 3 is 1.78 bits per heavy atom. The highest BCUT2D eigenvalue weighted by Crippen LogP contribution is 2.25. The molecule has 0 radical (unpaired) electrons. The molecule has 0 aliphatic carbocycles. The van der Waals surface area contributed by atoms with Crippen LogP contribution < -0.4 is 0 Å².